The number of carbonyl (C=O) groups excluding carboxylic acids is 3. The van der Waals surface area contributed by atoms with Gasteiger partial charge >= 0.3 is 11.9 Å². The topological polar surface area (TPSA) is 137 Å². The SMILES string of the molecule is COC(=O)c1ccc(C(=O)OC)c(NC(=O)CNc2cccc([N+](=O)[O-])c2C)c1. The van der Waals surface area contributed by atoms with Gasteiger partial charge in [-0.15, -0.1) is 0 Å². The molecule has 152 valence electrons. The molecule has 0 aliphatic carbocycles. The first-order chi connectivity index (χ1) is 13.8. The number of hydrogen-bond donors (Lipinski definition) is 2. The number of nitrogens with one attached hydrogen (secondary N) is 2. The second-order valence-corrected chi connectivity index (χ2v) is 5.85. The molecule has 10 nitrogen and oxygen atoms in total. The normalized spacial score (nSPS) is 10.0. The molecule has 0 spiro atoms. The summed E-state index contributed by atoms with van der Waals surface area (Å²) in [6.45, 7) is 1.33. The number of ether oxygens (including phenoxy) is 2. The molecule has 1 amide bonds. The highest BCUT2D eigenvalue weighted by atomic mass is 16.6. The summed E-state index contributed by atoms with van der Waals surface area (Å²) in [5.74, 6) is -1.87. The average Bonchev–Trinajstić information content (AvgIpc) is 2.71. The molecule has 2 N–H and O–H groups in total. The highest BCUT2D eigenvalue weighted by molar-refractivity contribution is 6.04. The molecule has 0 saturated carbocycles. The van der Waals surface area contributed by atoms with E-state index in [1.54, 1.807) is 13.0 Å². The van der Waals surface area contributed by atoms with Gasteiger partial charge in [0, 0.05) is 17.3 Å². The molecule has 0 bridgehead atoms. The van der Waals surface area contributed by atoms with Gasteiger partial charge in [-0.25, -0.2) is 9.59 Å². The largest absolute Gasteiger partial charge is 0.465 e. The minimum absolute atomic E-state index is 0.0556. The number of esters is 2. The fourth-order valence-electron chi connectivity index (χ4n) is 2.56. The molecule has 0 aliphatic heterocycles. The molecule has 0 atom stereocenters. The van der Waals surface area contributed by atoms with Crippen molar-refractivity contribution in [1.82, 2.24) is 0 Å². The van der Waals surface area contributed by atoms with E-state index in [9.17, 15) is 24.5 Å². The second-order valence-electron chi connectivity index (χ2n) is 5.85. The van der Waals surface area contributed by atoms with Crippen LogP contribution in [-0.2, 0) is 14.3 Å². The lowest BCUT2D eigenvalue weighted by Crippen LogP contribution is -2.23. The predicted octanol–water partition coefficient (Wildman–Crippen LogP) is 2.53. The van der Waals surface area contributed by atoms with Gasteiger partial charge in [0.15, 0.2) is 0 Å². The van der Waals surface area contributed by atoms with Crippen molar-refractivity contribution in [3.63, 3.8) is 0 Å². The molecule has 0 aliphatic rings. The smallest absolute Gasteiger partial charge is 0.339 e. The Labute approximate surface area is 166 Å². The van der Waals surface area contributed by atoms with E-state index < -0.39 is 22.8 Å². The van der Waals surface area contributed by atoms with Gasteiger partial charge in [-0.1, -0.05) is 6.07 Å². The molecule has 29 heavy (non-hydrogen) atoms. The number of nitro groups is 1. The van der Waals surface area contributed by atoms with E-state index in [0.717, 1.165) is 0 Å². The fourth-order valence-corrected chi connectivity index (χ4v) is 2.56. The number of nitro benzene ring substituents is 1. The third-order valence-corrected chi connectivity index (χ3v) is 4.06. The van der Waals surface area contributed by atoms with Crippen LogP contribution in [0.25, 0.3) is 0 Å². The van der Waals surface area contributed by atoms with E-state index >= 15 is 0 Å². The Balaban J connectivity index is 2.19. The van der Waals surface area contributed by atoms with Gasteiger partial charge in [0.2, 0.25) is 5.91 Å². The van der Waals surface area contributed by atoms with Crippen molar-refractivity contribution in [2.75, 3.05) is 31.4 Å². The molecular weight excluding hydrogens is 382 g/mol. The van der Waals surface area contributed by atoms with Crippen molar-refractivity contribution in [3.05, 3.63) is 63.2 Å². The minimum Gasteiger partial charge on any atom is -0.465 e. The lowest BCUT2D eigenvalue weighted by molar-refractivity contribution is -0.385. The van der Waals surface area contributed by atoms with Crippen molar-refractivity contribution in [2.45, 2.75) is 6.92 Å². The monoisotopic (exact) mass is 401 g/mol. The van der Waals surface area contributed by atoms with Crippen molar-refractivity contribution >= 4 is 34.9 Å². The second kappa shape index (κ2) is 9.31. The van der Waals surface area contributed by atoms with Crippen LogP contribution in [0, 0.1) is 17.0 Å². The van der Waals surface area contributed by atoms with Crippen molar-refractivity contribution in [1.29, 1.82) is 0 Å². The van der Waals surface area contributed by atoms with Gasteiger partial charge in [-0.05, 0) is 31.2 Å². The lowest BCUT2D eigenvalue weighted by Gasteiger charge is -2.13. The van der Waals surface area contributed by atoms with Crippen LogP contribution in [0.5, 0.6) is 0 Å². The number of rotatable bonds is 7. The first-order valence-electron chi connectivity index (χ1n) is 8.37. The Kier molecular flexibility index (Phi) is 6.85. The summed E-state index contributed by atoms with van der Waals surface area (Å²) in [6, 6.07) is 8.48. The Hall–Kier alpha value is -3.95. The van der Waals surface area contributed by atoms with Crippen LogP contribution in [0.3, 0.4) is 0 Å². The molecule has 2 rings (SSSR count). The number of hydrogen-bond acceptors (Lipinski definition) is 8. The van der Waals surface area contributed by atoms with Crippen LogP contribution < -0.4 is 10.6 Å². The van der Waals surface area contributed by atoms with E-state index in [1.807, 2.05) is 0 Å². The lowest BCUT2D eigenvalue weighted by atomic mass is 10.1. The van der Waals surface area contributed by atoms with Gasteiger partial charge < -0.3 is 20.1 Å². The summed E-state index contributed by atoms with van der Waals surface area (Å²) in [5, 5.41) is 16.4. The maximum Gasteiger partial charge on any atom is 0.339 e. The van der Waals surface area contributed by atoms with E-state index in [4.69, 9.17) is 0 Å². The Bertz CT molecular complexity index is 972. The zero-order valence-electron chi connectivity index (χ0n) is 16.0. The van der Waals surface area contributed by atoms with E-state index in [-0.39, 0.29) is 29.0 Å². The minimum atomic E-state index is -0.695. The van der Waals surface area contributed by atoms with Crippen LogP contribution in [0.4, 0.5) is 17.1 Å². The summed E-state index contributed by atoms with van der Waals surface area (Å²) in [6.07, 6.45) is 0. The third kappa shape index (κ3) is 5.06. The van der Waals surface area contributed by atoms with Crippen LogP contribution in [-0.4, -0.2) is 43.5 Å². The fraction of sp³-hybridized carbons (Fsp3) is 0.211. The molecule has 0 heterocycles. The van der Waals surface area contributed by atoms with Gasteiger partial charge in [0.1, 0.15) is 0 Å². The van der Waals surface area contributed by atoms with Gasteiger partial charge in [0.25, 0.3) is 5.69 Å². The molecule has 0 fully saturated rings. The van der Waals surface area contributed by atoms with Crippen molar-refractivity contribution in [3.8, 4) is 0 Å². The third-order valence-electron chi connectivity index (χ3n) is 4.06. The highest BCUT2D eigenvalue weighted by Gasteiger charge is 2.18. The molecule has 10 heteroatoms. The number of methoxy groups -OCH3 is 2. The molecule has 2 aromatic carbocycles. The summed E-state index contributed by atoms with van der Waals surface area (Å²) < 4.78 is 9.32. The zero-order chi connectivity index (χ0) is 21.6. The quantitative estimate of drug-likeness (QED) is 0.410. The van der Waals surface area contributed by atoms with Crippen molar-refractivity contribution in [2.24, 2.45) is 0 Å². The van der Waals surface area contributed by atoms with Gasteiger partial charge in [-0.2, -0.15) is 0 Å². The average molecular weight is 401 g/mol. The van der Waals surface area contributed by atoms with Crippen LogP contribution in [0.2, 0.25) is 0 Å². The maximum atomic E-state index is 12.4. The highest BCUT2D eigenvalue weighted by Crippen LogP contribution is 2.25. The number of amides is 1. The molecule has 0 unspecified atom stereocenters. The zero-order valence-corrected chi connectivity index (χ0v) is 16.0. The molecular formula is C19H19N3O7. The summed E-state index contributed by atoms with van der Waals surface area (Å²) in [4.78, 5) is 46.5. The summed E-state index contributed by atoms with van der Waals surface area (Å²) >= 11 is 0. The molecule has 0 radical (unpaired) electrons. The molecule has 0 aromatic heterocycles. The molecule has 0 saturated heterocycles. The number of nitrogens with zero attached hydrogens (tertiary/aromatic N) is 1. The van der Waals surface area contributed by atoms with Crippen LogP contribution in [0.15, 0.2) is 36.4 Å². The number of benzene rings is 2. The Morgan fingerprint density at radius 2 is 1.72 bits per heavy atom. The van der Waals surface area contributed by atoms with E-state index in [2.05, 4.69) is 20.1 Å². The Morgan fingerprint density at radius 3 is 2.34 bits per heavy atom. The van der Waals surface area contributed by atoms with E-state index in [1.165, 1.54) is 44.6 Å². The summed E-state index contributed by atoms with van der Waals surface area (Å²) in [7, 11) is 2.40. The van der Waals surface area contributed by atoms with E-state index in [0.29, 0.717) is 11.3 Å². The first kappa shape index (κ1) is 21.4. The number of anilines is 2. The van der Waals surface area contributed by atoms with Crippen LogP contribution in [0.1, 0.15) is 26.3 Å². The van der Waals surface area contributed by atoms with Gasteiger partial charge in [-0.3, -0.25) is 14.9 Å². The van der Waals surface area contributed by atoms with Gasteiger partial charge in [0.05, 0.1) is 42.5 Å². The van der Waals surface area contributed by atoms with Crippen molar-refractivity contribution < 1.29 is 28.8 Å². The standard InChI is InChI=1S/C19H19N3O7/c1-11-14(5-4-6-16(11)22(26)27)20-10-17(23)21-15-9-12(18(24)28-2)7-8-13(15)19(25)29-3/h4-9,20H,10H2,1-3H3,(H,21,23). The first-order valence-corrected chi connectivity index (χ1v) is 8.37. The van der Waals surface area contributed by atoms with Crippen LogP contribution >= 0.6 is 0 Å². The summed E-state index contributed by atoms with van der Waals surface area (Å²) in [5.41, 5.74) is 0.994. The number of carbonyl (C=O) groups is 3. The molecule has 2 aromatic rings. The predicted molar refractivity (Wildman–Crippen MR) is 104 cm³/mol. The Morgan fingerprint density at radius 1 is 1.03 bits per heavy atom. The maximum absolute atomic E-state index is 12.4.